The lowest BCUT2D eigenvalue weighted by atomic mass is 10.1. The molecular weight excluding hydrogens is 490 g/mol. The summed E-state index contributed by atoms with van der Waals surface area (Å²) < 4.78 is 0. The van der Waals surface area contributed by atoms with E-state index in [1.165, 1.54) is 17.3 Å². The average Bonchev–Trinajstić information content (AvgIpc) is 2.88. The fraction of sp³-hybridized carbons (Fsp3) is 0.241. The highest BCUT2D eigenvalue weighted by Crippen LogP contribution is 2.42. The Morgan fingerprint density at radius 2 is 1.72 bits per heavy atom. The third-order valence-corrected chi connectivity index (χ3v) is 8.03. The molecule has 0 unspecified atom stereocenters. The molecule has 0 radical (unpaired) electrons. The van der Waals surface area contributed by atoms with Crippen molar-refractivity contribution in [3.05, 3.63) is 92.8 Å². The minimum Gasteiger partial charge on any atom is -0.368 e. The number of anilines is 2. The van der Waals surface area contributed by atoms with Gasteiger partial charge in [0.15, 0.2) is 0 Å². The molecule has 0 aromatic heterocycles. The van der Waals surface area contributed by atoms with Gasteiger partial charge < -0.3 is 14.7 Å². The molecule has 7 heteroatoms. The van der Waals surface area contributed by atoms with Crippen molar-refractivity contribution in [2.45, 2.75) is 18.7 Å². The standard InChI is InChI=1S/C29H28ClN3O2S/c1-19-5-4-6-21(15-19)16-27-29(35)31(3)25-17-22(8-10-26(25)36-27)28(34)33-13-11-32(12-14-33)24-18-23(30)9-7-20(24)2/h4-10,15-18H,11-14H2,1-3H3. The molecule has 3 aromatic carbocycles. The number of piperazine rings is 1. The number of benzene rings is 3. The SMILES string of the molecule is Cc1cccc(C=C2Sc3ccc(C(=O)N4CCN(c5cc(Cl)ccc5C)CC4)cc3N(C)C2=O)c1. The predicted octanol–water partition coefficient (Wildman–Crippen LogP) is 6.03. The molecule has 5 nitrogen and oxygen atoms in total. The molecule has 0 N–H and O–H groups in total. The predicted molar refractivity (Wildman–Crippen MR) is 149 cm³/mol. The van der Waals surface area contributed by atoms with E-state index in [4.69, 9.17) is 11.6 Å². The number of nitrogens with zero attached hydrogens (tertiary/aromatic N) is 3. The van der Waals surface area contributed by atoms with E-state index < -0.39 is 0 Å². The number of carbonyl (C=O) groups excluding carboxylic acids is 2. The third kappa shape index (κ3) is 4.88. The molecule has 0 aliphatic carbocycles. The Morgan fingerprint density at radius 3 is 2.47 bits per heavy atom. The first kappa shape index (κ1) is 24.5. The van der Waals surface area contributed by atoms with Gasteiger partial charge >= 0.3 is 0 Å². The minimum atomic E-state index is -0.0656. The molecule has 5 rings (SSSR count). The highest BCUT2D eigenvalue weighted by Gasteiger charge is 2.29. The van der Waals surface area contributed by atoms with Crippen LogP contribution in [0.25, 0.3) is 6.08 Å². The Hall–Kier alpha value is -3.22. The van der Waals surface area contributed by atoms with Gasteiger partial charge in [0.25, 0.3) is 11.8 Å². The summed E-state index contributed by atoms with van der Waals surface area (Å²) in [6.45, 7) is 6.88. The second kappa shape index (κ2) is 10.0. The quantitative estimate of drug-likeness (QED) is 0.398. The molecule has 36 heavy (non-hydrogen) atoms. The van der Waals surface area contributed by atoms with Gasteiger partial charge in [0.2, 0.25) is 0 Å². The Kier molecular flexibility index (Phi) is 6.82. The first-order valence-corrected chi connectivity index (χ1v) is 13.2. The number of aryl methyl sites for hydroxylation is 2. The molecular formula is C29H28ClN3O2S. The number of amides is 2. The molecule has 2 aliphatic heterocycles. The zero-order chi connectivity index (χ0) is 25.4. The Bertz CT molecular complexity index is 1380. The maximum Gasteiger partial charge on any atom is 0.264 e. The second-order valence-electron chi connectivity index (χ2n) is 9.28. The topological polar surface area (TPSA) is 43.9 Å². The smallest absolute Gasteiger partial charge is 0.264 e. The minimum absolute atomic E-state index is 0.00721. The molecule has 184 valence electrons. The van der Waals surface area contributed by atoms with Crippen LogP contribution in [-0.4, -0.2) is 49.9 Å². The number of hydrogen-bond acceptors (Lipinski definition) is 4. The van der Waals surface area contributed by atoms with Crippen LogP contribution in [0.2, 0.25) is 5.02 Å². The Balaban J connectivity index is 1.31. The van der Waals surface area contributed by atoms with E-state index in [0.717, 1.165) is 45.5 Å². The summed E-state index contributed by atoms with van der Waals surface area (Å²) >= 11 is 7.66. The maximum absolute atomic E-state index is 13.3. The zero-order valence-electron chi connectivity index (χ0n) is 20.6. The van der Waals surface area contributed by atoms with Crippen molar-refractivity contribution in [1.29, 1.82) is 0 Å². The first-order valence-electron chi connectivity index (χ1n) is 12.0. The summed E-state index contributed by atoms with van der Waals surface area (Å²) in [7, 11) is 1.77. The van der Waals surface area contributed by atoms with Gasteiger partial charge in [0.05, 0.1) is 10.6 Å². The number of carbonyl (C=O) groups is 2. The average molecular weight is 518 g/mol. The first-order chi connectivity index (χ1) is 17.3. The van der Waals surface area contributed by atoms with E-state index >= 15 is 0 Å². The summed E-state index contributed by atoms with van der Waals surface area (Å²) in [4.78, 5) is 33.9. The number of hydrogen-bond donors (Lipinski definition) is 0. The number of rotatable bonds is 3. The molecule has 1 fully saturated rings. The van der Waals surface area contributed by atoms with Gasteiger partial charge in [0.1, 0.15) is 0 Å². The molecule has 0 saturated carbocycles. The van der Waals surface area contributed by atoms with Crippen molar-refractivity contribution >= 4 is 52.6 Å². The van der Waals surface area contributed by atoms with Gasteiger partial charge in [-0.1, -0.05) is 59.3 Å². The normalized spacial score (nSPS) is 16.9. The lowest BCUT2D eigenvalue weighted by Gasteiger charge is -2.37. The van der Waals surface area contributed by atoms with Crippen LogP contribution < -0.4 is 9.80 Å². The van der Waals surface area contributed by atoms with Crippen molar-refractivity contribution < 1.29 is 9.59 Å². The van der Waals surface area contributed by atoms with Crippen molar-refractivity contribution in [3.63, 3.8) is 0 Å². The number of likely N-dealkylation sites (N-methyl/N-ethyl adjacent to an activating group) is 1. The van der Waals surface area contributed by atoms with Gasteiger partial charge in [0, 0.05) is 54.4 Å². The third-order valence-electron chi connectivity index (χ3n) is 6.72. The molecule has 2 aliphatic rings. The molecule has 0 atom stereocenters. The van der Waals surface area contributed by atoms with Crippen LogP contribution in [0.5, 0.6) is 0 Å². The van der Waals surface area contributed by atoms with E-state index in [0.29, 0.717) is 23.6 Å². The van der Waals surface area contributed by atoms with Crippen LogP contribution in [-0.2, 0) is 4.79 Å². The van der Waals surface area contributed by atoms with Crippen LogP contribution in [0.15, 0.2) is 70.5 Å². The fourth-order valence-corrected chi connectivity index (χ4v) is 5.95. The van der Waals surface area contributed by atoms with Gasteiger partial charge in [-0.15, -0.1) is 0 Å². The molecule has 0 bridgehead atoms. The fourth-order valence-electron chi connectivity index (χ4n) is 4.69. The molecule has 0 spiro atoms. The number of halogens is 1. The van der Waals surface area contributed by atoms with Crippen LogP contribution in [0, 0.1) is 13.8 Å². The Morgan fingerprint density at radius 1 is 0.944 bits per heavy atom. The Labute approximate surface area is 221 Å². The van der Waals surface area contributed by atoms with E-state index in [9.17, 15) is 9.59 Å². The summed E-state index contributed by atoms with van der Waals surface area (Å²) in [5.74, 6) is -0.0728. The zero-order valence-corrected chi connectivity index (χ0v) is 22.2. The monoisotopic (exact) mass is 517 g/mol. The highest BCUT2D eigenvalue weighted by atomic mass is 35.5. The van der Waals surface area contributed by atoms with Crippen molar-refractivity contribution in [2.75, 3.05) is 43.0 Å². The van der Waals surface area contributed by atoms with Gasteiger partial charge in [-0.3, -0.25) is 9.59 Å². The lowest BCUT2D eigenvalue weighted by molar-refractivity contribution is -0.114. The number of thioether (sulfide) groups is 1. The lowest BCUT2D eigenvalue weighted by Crippen LogP contribution is -2.49. The van der Waals surface area contributed by atoms with Crippen LogP contribution in [0.1, 0.15) is 27.0 Å². The summed E-state index contributed by atoms with van der Waals surface area (Å²) in [6, 6.07) is 19.7. The largest absolute Gasteiger partial charge is 0.368 e. The van der Waals surface area contributed by atoms with E-state index in [1.807, 2.05) is 72.5 Å². The van der Waals surface area contributed by atoms with Crippen LogP contribution >= 0.6 is 23.4 Å². The van der Waals surface area contributed by atoms with E-state index in [2.05, 4.69) is 17.9 Å². The molecule has 2 heterocycles. The van der Waals surface area contributed by atoms with Crippen LogP contribution in [0.4, 0.5) is 11.4 Å². The van der Waals surface area contributed by atoms with E-state index in [1.54, 1.807) is 11.9 Å². The van der Waals surface area contributed by atoms with Crippen molar-refractivity contribution in [2.24, 2.45) is 0 Å². The second-order valence-corrected chi connectivity index (χ2v) is 10.8. The maximum atomic E-state index is 13.3. The summed E-state index contributed by atoms with van der Waals surface area (Å²) in [5.41, 5.74) is 5.82. The molecule has 1 saturated heterocycles. The number of fused-ring (bicyclic) bond motifs is 1. The van der Waals surface area contributed by atoms with E-state index in [-0.39, 0.29) is 11.8 Å². The molecule has 2 amide bonds. The highest BCUT2D eigenvalue weighted by molar-refractivity contribution is 8.04. The summed E-state index contributed by atoms with van der Waals surface area (Å²) in [5, 5.41) is 0.719. The summed E-state index contributed by atoms with van der Waals surface area (Å²) in [6.07, 6.45) is 1.93. The molecule has 3 aromatic rings. The van der Waals surface area contributed by atoms with Crippen molar-refractivity contribution in [1.82, 2.24) is 4.90 Å². The van der Waals surface area contributed by atoms with Crippen molar-refractivity contribution in [3.8, 4) is 0 Å². The van der Waals surface area contributed by atoms with Crippen LogP contribution in [0.3, 0.4) is 0 Å². The van der Waals surface area contributed by atoms with Gasteiger partial charge in [-0.25, -0.2) is 0 Å². The van der Waals surface area contributed by atoms with Gasteiger partial charge in [-0.2, -0.15) is 0 Å². The van der Waals surface area contributed by atoms with Gasteiger partial charge in [-0.05, 0) is 61.4 Å².